The standard InChI is InChI=1S/C35H38FN9O3/c1-4-28-33(46)39-14-16-44(28)35(2,3)18-22(19-37)34(47)43-15-8-9-23(20-43)45-32-29(31(38)40-21-41-32)30(42-45)26-13-12-25(17-27(26)36)48-24-10-6-5-7-11-24/h5-7,10-13,17-18,21,23,28H,4,8-9,14-16,20H2,1-3H3,(H,39,46)(H2,38,40,41)/t23-,28?/m1/s1. The van der Waals surface area contributed by atoms with Gasteiger partial charge in [-0.1, -0.05) is 25.1 Å². The lowest BCUT2D eigenvalue weighted by atomic mass is 9.93. The van der Waals surface area contributed by atoms with Crippen molar-refractivity contribution in [3.05, 3.63) is 72.3 Å². The zero-order valence-corrected chi connectivity index (χ0v) is 27.2. The van der Waals surface area contributed by atoms with Gasteiger partial charge in [0.05, 0.1) is 17.5 Å². The summed E-state index contributed by atoms with van der Waals surface area (Å²) in [6.45, 7) is 7.60. The fourth-order valence-electron chi connectivity index (χ4n) is 6.71. The van der Waals surface area contributed by atoms with Gasteiger partial charge in [0, 0.05) is 43.3 Å². The number of benzene rings is 2. The number of carbonyl (C=O) groups excluding carboxylic acids is 2. The average Bonchev–Trinajstić information content (AvgIpc) is 3.48. The Balaban J connectivity index is 1.28. The highest BCUT2D eigenvalue weighted by atomic mass is 19.1. The van der Waals surface area contributed by atoms with E-state index in [1.807, 2.05) is 43.9 Å². The van der Waals surface area contributed by atoms with Crippen LogP contribution in [0.25, 0.3) is 22.3 Å². The quantitative estimate of drug-likeness (QED) is 0.205. The van der Waals surface area contributed by atoms with Crippen LogP contribution < -0.4 is 15.8 Å². The maximum atomic E-state index is 15.7. The maximum Gasteiger partial charge on any atom is 0.264 e. The molecule has 2 saturated heterocycles. The fourth-order valence-corrected chi connectivity index (χ4v) is 6.71. The van der Waals surface area contributed by atoms with Gasteiger partial charge in [0.1, 0.15) is 46.8 Å². The van der Waals surface area contributed by atoms with Gasteiger partial charge < -0.3 is 20.7 Å². The monoisotopic (exact) mass is 651 g/mol. The van der Waals surface area contributed by atoms with Crippen LogP contribution in [0.2, 0.25) is 0 Å². The van der Waals surface area contributed by atoms with Gasteiger partial charge in [-0.25, -0.2) is 19.0 Å². The van der Waals surface area contributed by atoms with Crippen molar-refractivity contribution in [1.82, 2.24) is 34.9 Å². The molecule has 2 fully saturated rings. The number of hydrogen-bond acceptors (Lipinski definition) is 9. The normalized spacial score (nSPS) is 19.2. The van der Waals surface area contributed by atoms with Crippen molar-refractivity contribution in [2.45, 2.75) is 57.7 Å². The zero-order valence-electron chi connectivity index (χ0n) is 27.2. The number of likely N-dealkylation sites (tertiary alicyclic amines) is 1. The van der Waals surface area contributed by atoms with Gasteiger partial charge in [-0.15, -0.1) is 0 Å². The summed E-state index contributed by atoms with van der Waals surface area (Å²) in [6.07, 6.45) is 4.94. The van der Waals surface area contributed by atoms with E-state index in [0.29, 0.717) is 61.4 Å². The summed E-state index contributed by atoms with van der Waals surface area (Å²) in [4.78, 5) is 38.7. The molecule has 6 rings (SSSR count). The van der Waals surface area contributed by atoms with Crippen LogP contribution in [0.3, 0.4) is 0 Å². The number of nitrogen functional groups attached to an aromatic ring is 1. The first-order valence-electron chi connectivity index (χ1n) is 16.1. The number of halogens is 1. The smallest absolute Gasteiger partial charge is 0.264 e. The van der Waals surface area contributed by atoms with Gasteiger partial charge in [0.15, 0.2) is 5.65 Å². The summed E-state index contributed by atoms with van der Waals surface area (Å²) in [7, 11) is 0. The average molecular weight is 652 g/mol. The molecule has 2 aliphatic rings. The number of piperidine rings is 1. The molecular weight excluding hydrogens is 613 g/mol. The second kappa shape index (κ2) is 13.4. The van der Waals surface area contributed by atoms with Gasteiger partial charge in [0.25, 0.3) is 5.91 Å². The fraction of sp³-hybridized carbons (Fsp3) is 0.371. The highest BCUT2D eigenvalue weighted by Crippen LogP contribution is 2.36. The summed E-state index contributed by atoms with van der Waals surface area (Å²) < 4.78 is 23.1. The first-order valence-corrected chi connectivity index (χ1v) is 16.1. The molecule has 0 aliphatic carbocycles. The number of ether oxygens (including phenoxy) is 1. The number of anilines is 1. The minimum atomic E-state index is -0.721. The molecule has 4 heterocycles. The zero-order chi connectivity index (χ0) is 34.0. The molecule has 2 amide bonds. The molecule has 2 aliphatic heterocycles. The number of para-hydroxylation sites is 1. The summed E-state index contributed by atoms with van der Waals surface area (Å²) in [6, 6.07) is 15.1. The molecule has 12 nitrogen and oxygen atoms in total. The van der Waals surface area contributed by atoms with Crippen LogP contribution in [-0.2, 0) is 9.59 Å². The summed E-state index contributed by atoms with van der Waals surface area (Å²) in [5, 5.41) is 18.2. The van der Waals surface area contributed by atoms with Gasteiger partial charge in [-0.05, 0) is 63.5 Å². The Hall–Kier alpha value is -5.35. The molecule has 0 radical (unpaired) electrons. The number of nitrogens with one attached hydrogen (secondary N) is 1. The molecule has 4 aromatic rings. The summed E-state index contributed by atoms with van der Waals surface area (Å²) >= 11 is 0. The predicted molar refractivity (Wildman–Crippen MR) is 178 cm³/mol. The second-order valence-electron chi connectivity index (χ2n) is 12.6. The number of aromatic nitrogens is 4. The molecular formula is C35H38FN9O3. The van der Waals surface area contributed by atoms with Gasteiger partial charge in [-0.2, -0.15) is 10.4 Å². The molecule has 248 valence electrons. The summed E-state index contributed by atoms with van der Waals surface area (Å²) in [5.41, 5.74) is 6.52. The van der Waals surface area contributed by atoms with Crippen LogP contribution in [0.15, 0.2) is 66.5 Å². The Morgan fingerprint density at radius 1 is 1.19 bits per heavy atom. The molecule has 1 unspecified atom stereocenters. The van der Waals surface area contributed by atoms with Crippen molar-refractivity contribution < 1.29 is 18.7 Å². The lowest BCUT2D eigenvalue weighted by Gasteiger charge is -2.44. The molecule has 2 aromatic carbocycles. The van der Waals surface area contributed by atoms with Crippen molar-refractivity contribution in [3.63, 3.8) is 0 Å². The topological polar surface area (TPSA) is 155 Å². The third-order valence-corrected chi connectivity index (χ3v) is 9.03. The number of fused-ring (bicyclic) bond motifs is 1. The van der Waals surface area contributed by atoms with Crippen LogP contribution >= 0.6 is 0 Å². The van der Waals surface area contributed by atoms with E-state index in [9.17, 15) is 14.9 Å². The van der Waals surface area contributed by atoms with Crippen LogP contribution in [0.5, 0.6) is 11.5 Å². The Labute approximate surface area is 278 Å². The number of hydrogen-bond donors (Lipinski definition) is 2. The molecule has 0 saturated carbocycles. The van der Waals surface area contributed by atoms with Crippen LogP contribution in [0, 0.1) is 17.1 Å². The van der Waals surface area contributed by atoms with Gasteiger partial charge >= 0.3 is 0 Å². The Kier molecular flexibility index (Phi) is 9.10. The van der Waals surface area contributed by atoms with Crippen LogP contribution in [0.1, 0.15) is 46.1 Å². The number of nitriles is 1. The Morgan fingerprint density at radius 3 is 2.71 bits per heavy atom. The van der Waals surface area contributed by atoms with E-state index >= 15 is 4.39 Å². The van der Waals surface area contributed by atoms with Gasteiger partial charge in [0.2, 0.25) is 5.91 Å². The number of rotatable bonds is 8. The van der Waals surface area contributed by atoms with Crippen molar-refractivity contribution in [2.24, 2.45) is 0 Å². The van der Waals surface area contributed by atoms with Crippen LogP contribution in [0.4, 0.5) is 10.2 Å². The van der Waals surface area contributed by atoms with E-state index in [1.165, 1.54) is 12.4 Å². The number of nitrogens with two attached hydrogens (primary N) is 1. The minimum Gasteiger partial charge on any atom is -0.457 e. The lowest BCUT2D eigenvalue weighted by Crippen LogP contribution is -2.61. The molecule has 48 heavy (non-hydrogen) atoms. The van der Waals surface area contributed by atoms with Gasteiger partial charge in [-0.3, -0.25) is 14.5 Å². The van der Waals surface area contributed by atoms with Crippen LogP contribution in [-0.4, -0.2) is 79.1 Å². The number of nitrogens with zero attached hydrogens (tertiary/aromatic N) is 7. The molecule has 0 spiro atoms. The van der Waals surface area contributed by atoms with Crippen molar-refractivity contribution >= 4 is 28.7 Å². The maximum absolute atomic E-state index is 15.7. The number of piperazine rings is 1. The SMILES string of the molecule is CCC1C(=O)NCCN1C(C)(C)C=C(C#N)C(=O)N1CCC[C@@H](n2nc(-c3ccc(Oc4ccccc4)cc3F)c3c(N)ncnc32)C1. The van der Waals surface area contributed by atoms with Crippen molar-refractivity contribution in [3.8, 4) is 28.8 Å². The lowest BCUT2D eigenvalue weighted by molar-refractivity contribution is -0.131. The van der Waals surface area contributed by atoms with E-state index in [-0.39, 0.29) is 47.2 Å². The first-order chi connectivity index (χ1) is 23.1. The molecule has 2 aromatic heterocycles. The highest BCUT2D eigenvalue weighted by molar-refractivity contribution is 5.99. The van der Waals surface area contributed by atoms with Crippen molar-refractivity contribution in [1.29, 1.82) is 5.26 Å². The van der Waals surface area contributed by atoms with E-state index in [1.54, 1.807) is 39.9 Å². The van der Waals surface area contributed by atoms with E-state index < -0.39 is 17.3 Å². The Morgan fingerprint density at radius 2 is 1.98 bits per heavy atom. The molecule has 0 bridgehead atoms. The van der Waals surface area contributed by atoms with E-state index in [0.717, 1.165) is 0 Å². The third kappa shape index (κ3) is 6.31. The molecule has 3 N–H and O–H groups in total. The molecule has 13 heteroatoms. The second-order valence-corrected chi connectivity index (χ2v) is 12.6. The highest BCUT2D eigenvalue weighted by Gasteiger charge is 2.38. The predicted octanol–water partition coefficient (Wildman–Crippen LogP) is 4.61. The van der Waals surface area contributed by atoms with E-state index in [4.69, 9.17) is 15.6 Å². The van der Waals surface area contributed by atoms with Crippen molar-refractivity contribution in [2.75, 3.05) is 31.9 Å². The molecule has 2 atom stereocenters. The minimum absolute atomic E-state index is 0.0129. The largest absolute Gasteiger partial charge is 0.457 e. The number of amides is 2. The van der Waals surface area contributed by atoms with E-state index in [2.05, 4.69) is 21.4 Å². The Bertz CT molecular complexity index is 1920. The first kappa shape index (κ1) is 32.6. The summed E-state index contributed by atoms with van der Waals surface area (Å²) in [5.74, 6) is 0.0612. The number of carbonyl (C=O) groups is 2. The third-order valence-electron chi connectivity index (χ3n) is 9.03.